The van der Waals surface area contributed by atoms with Crippen LogP contribution in [0.1, 0.15) is 57.4 Å². The largest absolute Gasteiger partial charge is 0.462 e. The fourth-order valence-corrected chi connectivity index (χ4v) is 2.73. The molecular formula is C17H24O2. The van der Waals surface area contributed by atoms with Crippen molar-refractivity contribution in [1.29, 1.82) is 0 Å². The van der Waals surface area contributed by atoms with Crippen molar-refractivity contribution in [3.05, 3.63) is 35.9 Å². The maximum absolute atomic E-state index is 12.0. The van der Waals surface area contributed by atoms with Crippen molar-refractivity contribution in [3.8, 4) is 0 Å². The average Bonchev–Trinajstić information content (AvgIpc) is 2.42. The molecule has 1 fully saturated rings. The smallest absolute Gasteiger partial charge is 0.306 e. The molecule has 1 aliphatic rings. The van der Waals surface area contributed by atoms with Gasteiger partial charge < -0.3 is 4.74 Å². The van der Waals surface area contributed by atoms with Gasteiger partial charge in [-0.05, 0) is 43.1 Å². The van der Waals surface area contributed by atoms with Crippen molar-refractivity contribution in [3.63, 3.8) is 0 Å². The molecule has 0 spiro atoms. The summed E-state index contributed by atoms with van der Waals surface area (Å²) >= 11 is 0. The van der Waals surface area contributed by atoms with E-state index in [1.54, 1.807) is 0 Å². The third kappa shape index (κ3) is 4.38. The summed E-state index contributed by atoms with van der Waals surface area (Å²) in [5, 5.41) is 0. The number of esters is 1. The van der Waals surface area contributed by atoms with E-state index in [4.69, 9.17) is 4.74 Å². The van der Waals surface area contributed by atoms with Gasteiger partial charge in [0, 0.05) is 0 Å². The Bertz CT molecular complexity index is 391. The van der Waals surface area contributed by atoms with Gasteiger partial charge in [0.25, 0.3) is 0 Å². The molecule has 1 atom stereocenters. The molecule has 0 saturated heterocycles. The van der Waals surface area contributed by atoms with E-state index in [0.717, 1.165) is 18.8 Å². The van der Waals surface area contributed by atoms with Crippen LogP contribution in [0.4, 0.5) is 0 Å². The Morgan fingerprint density at radius 3 is 2.47 bits per heavy atom. The first-order valence-corrected chi connectivity index (χ1v) is 7.39. The minimum atomic E-state index is -0.0455. The van der Waals surface area contributed by atoms with Gasteiger partial charge in [0.1, 0.15) is 6.10 Å². The van der Waals surface area contributed by atoms with Crippen LogP contribution in [0.2, 0.25) is 0 Å². The van der Waals surface area contributed by atoms with Crippen molar-refractivity contribution >= 4 is 5.97 Å². The fraction of sp³-hybridized carbons (Fsp3) is 0.588. The van der Waals surface area contributed by atoms with E-state index in [2.05, 4.69) is 26.0 Å². The van der Waals surface area contributed by atoms with Crippen LogP contribution < -0.4 is 0 Å². The number of hydrogen-bond acceptors (Lipinski definition) is 2. The Balaban J connectivity index is 1.78. The second-order valence-corrected chi connectivity index (χ2v) is 5.89. The molecule has 1 aromatic carbocycles. The van der Waals surface area contributed by atoms with E-state index in [-0.39, 0.29) is 18.0 Å². The van der Waals surface area contributed by atoms with Crippen LogP contribution in [0.25, 0.3) is 0 Å². The number of hydrogen-bond donors (Lipinski definition) is 0. The minimum absolute atomic E-state index is 0.0455. The summed E-state index contributed by atoms with van der Waals surface area (Å²) < 4.78 is 5.59. The zero-order valence-corrected chi connectivity index (χ0v) is 12.0. The molecule has 2 nitrogen and oxygen atoms in total. The van der Waals surface area contributed by atoms with Crippen LogP contribution in [0.5, 0.6) is 0 Å². The standard InChI is InChI=1S/C17H24O2/c1-13-8-10-16(11-9-13)19-17(18)12-14(2)15-6-4-3-5-7-15/h3-7,13-14,16H,8-12H2,1-2H3/t13?,14-,16?/m0/s1. The van der Waals surface area contributed by atoms with E-state index < -0.39 is 0 Å². The monoisotopic (exact) mass is 260 g/mol. The number of carbonyl (C=O) groups excluding carboxylic acids is 1. The molecule has 0 heterocycles. The second kappa shape index (κ2) is 6.74. The maximum atomic E-state index is 12.0. The van der Waals surface area contributed by atoms with E-state index in [1.807, 2.05) is 18.2 Å². The molecule has 2 heteroatoms. The van der Waals surface area contributed by atoms with Crippen molar-refractivity contribution in [2.24, 2.45) is 5.92 Å². The predicted molar refractivity (Wildman–Crippen MR) is 77.0 cm³/mol. The molecule has 1 saturated carbocycles. The van der Waals surface area contributed by atoms with Gasteiger partial charge in [-0.25, -0.2) is 0 Å². The summed E-state index contributed by atoms with van der Waals surface area (Å²) in [6.07, 6.45) is 5.08. The zero-order chi connectivity index (χ0) is 13.7. The summed E-state index contributed by atoms with van der Waals surface area (Å²) in [5.41, 5.74) is 1.21. The molecule has 2 rings (SSSR count). The number of carbonyl (C=O) groups is 1. The molecule has 0 aliphatic heterocycles. The van der Waals surface area contributed by atoms with Crippen molar-refractivity contribution in [2.45, 2.75) is 58.0 Å². The Morgan fingerprint density at radius 1 is 1.21 bits per heavy atom. The lowest BCUT2D eigenvalue weighted by atomic mass is 9.89. The average molecular weight is 260 g/mol. The first-order chi connectivity index (χ1) is 9.15. The van der Waals surface area contributed by atoms with Gasteiger partial charge in [-0.1, -0.05) is 44.2 Å². The van der Waals surface area contributed by atoms with Crippen molar-refractivity contribution < 1.29 is 9.53 Å². The summed E-state index contributed by atoms with van der Waals surface area (Å²) in [6, 6.07) is 10.2. The van der Waals surface area contributed by atoms with Crippen LogP contribution in [-0.2, 0) is 9.53 Å². The van der Waals surface area contributed by atoms with Crippen LogP contribution in [0, 0.1) is 5.92 Å². The SMILES string of the molecule is CC1CCC(OC(=O)C[C@H](C)c2ccccc2)CC1. The molecule has 104 valence electrons. The fourth-order valence-electron chi connectivity index (χ4n) is 2.73. The molecule has 0 unspecified atom stereocenters. The highest BCUT2D eigenvalue weighted by Crippen LogP contribution is 2.27. The van der Waals surface area contributed by atoms with Crippen LogP contribution in [0.3, 0.4) is 0 Å². The molecule has 0 bridgehead atoms. The van der Waals surface area contributed by atoms with Gasteiger partial charge in [-0.15, -0.1) is 0 Å². The van der Waals surface area contributed by atoms with Crippen LogP contribution in [-0.4, -0.2) is 12.1 Å². The van der Waals surface area contributed by atoms with Gasteiger partial charge in [0.05, 0.1) is 6.42 Å². The van der Waals surface area contributed by atoms with Gasteiger partial charge in [-0.3, -0.25) is 4.79 Å². The van der Waals surface area contributed by atoms with E-state index in [1.165, 1.54) is 18.4 Å². The molecule has 0 N–H and O–H groups in total. The van der Waals surface area contributed by atoms with Gasteiger partial charge in [0.2, 0.25) is 0 Å². The lowest BCUT2D eigenvalue weighted by Crippen LogP contribution is -2.24. The predicted octanol–water partition coefficient (Wildman–Crippen LogP) is 4.30. The normalized spacial score (nSPS) is 24.7. The highest BCUT2D eigenvalue weighted by atomic mass is 16.5. The summed E-state index contributed by atoms with van der Waals surface area (Å²) in [4.78, 5) is 12.0. The topological polar surface area (TPSA) is 26.3 Å². The highest BCUT2D eigenvalue weighted by Gasteiger charge is 2.22. The summed E-state index contributed by atoms with van der Waals surface area (Å²) in [7, 11) is 0. The summed E-state index contributed by atoms with van der Waals surface area (Å²) in [6.45, 7) is 4.36. The zero-order valence-electron chi connectivity index (χ0n) is 12.0. The van der Waals surface area contributed by atoms with E-state index in [9.17, 15) is 4.79 Å². The maximum Gasteiger partial charge on any atom is 0.306 e. The summed E-state index contributed by atoms with van der Waals surface area (Å²) in [5.74, 6) is 0.977. The Kier molecular flexibility index (Phi) is 5.00. The van der Waals surface area contributed by atoms with Crippen LogP contribution in [0.15, 0.2) is 30.3 Å². The van der Waals surface area contributed by atoms with Crippen LogP contribution >= 0.6 is 0 Å². The number of rotatable bonds is 4. The molecule has 0 radical (unpaired) electrons. The quantitative estimate of drug-likeness (QED) is 0.754. The third-order valence-corrected chi connectivity index (χ3v) is 4.10. The van der Waals surface area contributed by atoms with E-state index >= 15 is 0 Å². The Labute approximate surface area is 116 Å². The number of benzene rings is 1. The molecule has 0 aromatic heterocycles. The Hall–Kier alpha value is -1.31. The Morgan fingerprint density at radius 2 is 1.84 bits per heavy atom. The minimum Gasteiger partial charge on any atom is -0.462 e. The first kappa shape index (κ1) is 14.1. The molecule has 19 heavy (non-hydrogen) atoms. The number of ether oxygens (including phenoxy) is 1. The lowest BCUT2D eigenvalue weighted by molar-refractivity contribution is -0.151. The van der Waals surface area contributed by atoms with Crippen molar-refractivity contribution in [2.75, 3.05) is 0 Å². The lowest BCUT2D eigenvalue weighted by Gasteiger charge is -2.26. The molecule has 0 amide bonds. The van der Waals surface area contributed by atoms with Crippen molar-refractivity contribution in [1.82, 2.24) is 0 Å². The molecule has 1 aliphatic carbocycles. The highest BCUT2D eigenvalue weighted by molar-refractivity contribution is 5.70. The van der Waals surface area contributed by atoms with E-state index in [0.29, 0.717) is 6.42 Å². The van der Waals surface area contributed by atoms with Gasteiger partial charge in [-0.2, -0.15) is 0 Å². The van der Waals surface area contributed by atoms with Gasteiger partial charge >= 0.3 is 5.97 Å². The first-order valence-electron chi connectivity index (χ1n) is 7.39. The van der Waals surface area contributed by atoms with Gasteiger partial charge in [0.15, 0.2) is 0 Å². The molecule has 1 aromatic rings. The second-order valence-electron chi connectivity index (χ2n) is 5.89. The molecular weight excluding hydrogens is 236 g/mol. The third-order valence-electron chi connectivity index (χ3n) is 4.10.